The van der Waals surface area contributed by atoms with Gasteiger partial charge in [-0.05, 0) is 38.9 Å². The largest absolute Gasteiger partial charge is 0.481 e. The number of carboxylic acids is 1. The van der Waals surface area contributed by atoms with E-state index in [1.807, 2.05) is 12.1 Å². The van der Waals surface area contributed by atoms with E-state index in [-0.39, 0.29) is 0 Å². The molecule has 0 aromatic carbocycles. The van der Waals surface area contributed by atoms with Gasteiger partial charge < -0.3 is 14.8 Å². The molecule has 0 aliphatic carbocycles. The number of hydrogen-bond donors (Lipinski definition) is 2. The third-order valence-corrected chi connectivity index (χ3v) is 2.39. The zero-order chi connectivity index (χ0) is 11.3. The van der Waals surface area contributed by atoms with Crippen molar-refractivity contribution >= 4 is 5.97 Å². The van der Waals surface area contributed by atoms with Gasteiger partial charge in [0.2, 0.25) is 0 Å². The van der Waals surface area contributed by atoms with Gasteiger partial charge in [-0.25, -0.2) is 0 Å². The van der Waals surface area contributed by atoms with Crippen LogP contribution in [0.25, 0.3) is 0 Å². The van der Waals surface area contributed by atoms with Crippen LogP contribution in [0.4, 0.5) is 0 Å². The SMILES string of the molecule is CC(C)(CCNCc1ccco1)C(=O)O. The van der Waals surface area contributed by atoms with Crippen LogP contribution in [0.3, 0.4) is 0 Å². The van der Waals surface area contributed by atoms with Gasteiger partial charge in [-0.1, -0.05) is 0 Å². The molecule has 0 unspecified atom stereocenters. The number of furan rings is 1. The molecule has 4 heteroatoms. The molecular weight excluding hydrogens is 194 g/mol. The number of nitrogens with one attached hydrogen (secondary N) is 1. The molecular formula is C11H17NO3. The second kappa shape index (κ2) is 4.98. The van der Waals surface area contributed by atoms with E-state index in [0.29, 0.717) is 19.5 Å². The van der Waals surface area contributed by atoms with Crippen LogP contribution in [0.1, 0.15) is 26.0 Å². The predicted octanol–water partition coefficient (Wildman–Crippen LogP) is 1.87. The Kier molecular flexibility index (Phi) is 3.91. The lowest BCUT2D eigenvalue weighted by molar-refractivity contribution is -0.147. The highest BCUT2D eigenvalue weighted by atomic mass is 16.4. The highest BCUT2D eigenvalue weighted by Gasteiger charge is 2.25. The minimum absolute atomic E-state index is 0.600. The van der Waals surface area contributed by atoms with E-state index in [4.69, 9.17) is 9.52 Å². The Morgan fingerprint density at radius 3 is 2.87 bits per heavy atom. The normalized spacial score (nSPS) is 11.6. The van der Waals surface area contributed by atoms with Crippen molar-refractivity contribution in [2.45, 2.75) is 26.8 Å². The summed E-state index contributed by atoms with van der Waals surface area (Å²) in [6.45, 7) is 4.76. The van der Waals surface area contributed by atoms with Crippen LogP contribution in [0.5, 0.6) is 0 Å². The van der Waals surface area contributed by atoms with Gasteiger partial charge in [0.15, 0.2) is 0 Å². The fourth-order valence-electron chi connectivity index (χ4n) is 1.13. The molecule has 0 atom stereocenters. The summed E-state index contributed by atoms with van der Waals surface area (Å²) >= 11 is 0. The van der Waals surface area contributed by atoms with Gasteiger partial charge in [0.05, 0.1) is 18.2 Å². The van der Waals surface area contributed by atoms with Gasteiger partial charge >= 0.3 is 5.97 Å². The lowest BCUT2D eigenvalue weighted by atomic mass is 9.90. The van der Waals surface area contributed by atoms with Crippen molar-refractivity contribution in [3.8, 4) is 0 Å². The summed E-state index contributed by atoms with van der Waals surface area (Å²) in [5, 5.41) is 12.0. The van der Waals surface area contributed by atoms with Crippen molar-refractivity contribution in [1.29, 1.82) is 0 Å². The topological polar surface area (TPSA) is 62.5 Å². The summed E-state index contributed by atoms with van der Waals surface area (Å²) in [5.41, 5.74) is -0.670. The first-order valence-corrected chi connectivity index (χ1v) is 4.99. The molecule has 4 nitrogen and oxygen atoms in total. The average Bonchev–Trinajstić information content (AvgIpc) is 2.64. The van der Waals surface area contributed by atoms with Crippen LogP contribution >= 0.6 is 0 Å². The molecule has 0 spiro atoms. The minimum Gasteiger partial charge on any atom is -0.481 e. The number of aliphatic carboxylic acids is 1. The Hall–Kier alpha value is -1.29. The van der Waals surface area contributed by atoms with Crippen LogP contribution in [0, 0.1) is 5.41 Å². The smallest absolute Gasteiger partial charge is 0.309 e. The Morgan fingerprint density at radius 1 is 1.60 bits per heavy atom. The van der Waals surface area contributed by atoms with Gasteiger partial charge in [-0.3, -0.25) is 4.79 Å². The Bertz CT molecular complexity index is 304. The summed E-state index contributed by atoms with van der Waals surface area (Å²) in [7, 11) is 0. The van der Waals surface area contributed by atoms with Crippen molar-refractivity contribution in [2.75, 3.05) is 6.54 Å². The van der Waals surface area contributed by atoms with Crippen molar-refractivity contribution in [1.82, 2.24) is 5.32 Å². The number of carbonyl (C=O) groups is 1. The molecule has 0 aliphatic rings. The maximum absolute atomic E-state index is 10.8. The van der Waals surface area contributed by atoms with E-state index in [1.54, 1.807) is 20.1 Å². The van der Waals surface area contributed by atoms with E-state index in [2.05, 4.69) is 5.32 Å². The molecule has 84 valence electrons. The van der Waals surface area contributed by atoms with E-state index in [9.17, 15) is 4.79 Å². The summed E-state index contributed by atoms with van der Waals surface area (Å²) in [6, 6.07) is 3.72. The van der Waals surface area contributed by atoms with Gasteiger partial charge in [-0.2, -0.15) is 0 Å². The van der Waals surface area contributed by atoms with Crippen molar-refractivity contribution in [2.24, 2.45) is 5.41 Å². The summed E-state index contributed by atoms with van der Waals surface area (Å²) in [5.74, 6) is 0.102. The lowest BCUT2D eigenvalue weighted by Crippen LogP contribution is -2.28. The van der Waals surface area contributed by atoms with E-state index in [0.717, 1.165) is 5.76 Å². The number of hydrogen-bond acceptors (Lipinski definition) is 3. The van der Waals surface area contributed by atoms with Crippen LogP contribution in [0.15, 0.2) is 22.8 Å². The third kappa shape index (κ3) is 3.75. The van der Waals surface area contributed by atoms with Crippen LogP contribution < -0.4 is 5.32 Å². The molecule has 0 saturated heterocycles. The van der Waals surface area contributed by atoms with E-state index in [1.165, 1.54) is 0 Å². The van der Waals surface area contributed by atoms with E-state index < -0.39 is 11.4 Å². The monoisotopic (exact) mass is 211 g/mol. The summed E-state index contributed by atoms with van der Waals surface area (Å²) in [6.07, 6.45) is 2.22. The van der Waals surface area contributed by atoms with Gasteiger partial charge in [0.1, 0.15) is 5.76 Å². The zero-order valence-electron chi connectivity index (χ0n) is 9.12. The van der Waals surface area contributed by atoms with Crippen LogP contribution in [0.2, 0.25) is 0 Å². The fraction of sp³-hybridized carbons (Fsp3) is 0.545. The number of rotatable bonds is 6. The maximum atomic E-state index is 10.8. The first-order chi connectivity index (χ1) is 7.02. The molecule has 2 N–H and O–H groups in total. The van der Waals surface area contributed by atoms with Crippen molar-refractivity contribution in [3.05, 3.63) is 24.2 Å². The Morgan fingerprint density at radius 2 is 2.33 bits per heavy atom. The molecule has 0 aliphatic heterocycles. The van der Waals surface area contributed by atoms with Crippen LogP contribution in [-0.4, -0.2) is 17.6 Å². The first kappa shape index (κ1) is 11.8. The molecule has 15 heavy (non-hydrogen) atoms. The van der Waals surface area contributed by atoms with Gasteiger partial charge in [0, 0.05) is 0 Å². The molecule has 1 aromatic heterocycles. The molecule has 1 aromatic rings. The second-order valence-electron chi connectivity index (χ2n) is 4.20. The van der Waals surface area contributed by atoms with Crippen LogP contribution in [-0.2, 0) is 11.3 Å². The van der Waals surface area contributed by atoms with E-state index >= 15 is 0 Å². The molecule has 0 bridgehead atoms. The molecule has 0 amide bonds. The zero-order valence-corrected chi connectivity index (χ0v) is 9.12. The predicted molar refractivity (Wildman–Crippen MR) is 56.4 cm³/mol. The lowest BCUT2D eigenvalue weighted by Gasteiger charge is -2.18. The third-order valence-electron chi connectivity index (χ3n) is 2.39. The summed E-state index contributed by atoms with van der Waals surface area (Å²) in [4.78, 5) is 10.8. The Balaban J connectivity index is 2.19. The second-order valence-corrected chi connectivity index (χ2v) is 4.20. The Labute approximate surface area is 89.3 Å². The van der Waals surface area contributed by atoms with Crippen molar-refractivity contribution in [3.63, 3.8) is 0 Å². The quantitative estimate of drug-likeness (QED) is 0.705. The molecule has 0 radical (unpaired) electrons. The number of carboxylic acid groups (broad SMARTS) is 1. The molecule has 1 heterocycles. The minimum atomic E-state index is -0.762. The highest BCUT2D eigenvalue weighted by molar-refractivity contribution is 5.73. The standard InChI is InChI=1S/C11H17NO3/c1-11(2,10(13)14)5-6-12-8-9-4-3-7-15-9/h3-4,7,12H,5-6,8H2,1-2H3,(H,13,14). The van der Waals surface area contributed by atoms with Gasteiger partial charge in [-0.15, -0.1) is 0 Å². The highest BCUT2D eigenvalue weighted by Crippen LogP contribution is 2.19. The average molecular weight is 211 g/mol. The maximum Gasteiger partial charge on any atom is 0.309 e. The molecule has 0 fully saturated rings. The molecule has 1 rings (SSSR count). The fourth-order valence-corrected chi connectivity index (χ4v) is 1.13. The summed E-state index contributed by atoms with van der Waals surface area (Å²) < 4.78 is 5.13. The van der Waals surface area contributed by atoms with Gasteiger partial charge in [0.25, 0.3) is 0 Å². The first-order valence-electron chi connectivity index (χ1n) is 4.99. The van der Waals surface area contributed by atoms with Crippen molar-refractivity contribution < 1.29 is 14.3 Å². The molecule has 0 saturated carbocycles.